The van der Waals surface area contributed by atoms with Crippen LogP contribution in [0.3, 0.4) is 0 Å². The van der Waals surface area contributed by atoms with Crippen molar-refractivity contribution in [2.24, 2.45) is 44.8 Å². The van der Waals surface area contributed by atoms with Crippen molar-refractivity contribution in [1.29, 1.82) is 0 Å². The molecule has 0 bridgehead atoms. The van der Waals surface area contributed by atoms with E-state index in [1.807, 2.05) is 0 Å². The smallest absolute Gasteiger partial charge is 0.226 e. The number of ketones is 1. The molecule has 0 aliphatic heterocycles. The number of carbonyl (C=O) groups excluding carboxylic acids is 1. The minimum absolute atomic E-state index is 0.0571. The van der Waals surface area contributed by atoms with E-state index in [1.165, 1.54) is 49.7 Å². The quantitative estimate of drug-likeness (QED) is 0.332. The summed E-state index contributed by atoms with van der Waals surface area (Å²) in [7, 11) is 0. The standard InChI is InChI=1S/C32H45NO/c1-19-20(2)26-30(7)18-23(33-10)27(34)29(5,6)24(30)13-16-32(26,9)31(8)15-12-21-11-14-28(3,4)17-22(21)25(19)31/h18,21,24,26H,11-17H2,1-9H3/t21?,24-,26?,30-,31+,32+/m0/s1. The van der Waals surface area contributed by atoms with Crippen molar-refractivity contribution < 1.29 is 4.79 Å². The Balaban J connectivity index is 1.78. The second-order valence-corrected chi connectivity index (χ2v) is 14.7. The number of hydrogen-bond donors (Lipinski definition) is 0. The topological polar surface area (TPSA) is 21.4 Å². The van der Waals surface area contributed by atoms with Crippen molar-refractivity contribution in [2.75, 3.05) is 0 Å². The molecule has 0 saturated heterocycles. The predicted molar refractivity (Wildman–Crippen MR) is 140 cm³/mol. The zero-order chi connectivity index (χ0) is 25.1. The summed E-state index contributed by atoms with van der Waals surface area (Å²) in [5.74, 6) is 1.47. The van der Waals surface area contributed by atoms with Crippen LogP contribution in [-0.2, 0) is 4.79 Å². The number of nitrogens with zero attached hydrogens (tertiary/aromatic N) is 1. The van der Waals surface area contributed by atoms with E-state index in [4.69, 9.17) is 6.57 Å². The van der Waals surface area contributed by atoms with Gasteiger partial charge >= 0.3 is 0 Å². The molecule has 184 valence electrons. The van der Waals surface area contributed by atoms with Crippen LogP contribution in [0.2, 0.25) is 0 Å². The van der Waals surface area contributed by atoms with Crippen molar-refractivity contribution in [3.05, 3.63) is 45.5 Å². The lowest BCUT2D eigenvalue weighted by Crippen LogP contribution is -2.62. The number of fused-ring (bicyclic) bond motifs is 6. The molecule has 6 atom stereocenters. The summed E-state index contributed by atoms with van der Waals surface area (Å²) in [5, 5.41) is 0. The third-order valence-electron chi connectivity index (χ3n) is 12.1. The number of allylic oxidation sites excluding steroid dienone is 6. The molecule has 5 rings (SSSR count). The summed E-state index contributed by atoms with van der Waals surface area (Å²) >= 11 is 0. The fourth-order valence-electron chi connectivity index (χ4n) is 10.3. The summed E-state index contributed by atoms with van der Waals surface area (Å²) in [5.41, 5.74) is 6.99. The van der Waals surface area contributed by atoms with Gasteiger partial charge in [-0.2, -0.15) is 0 Å². The van der Waals surface area contributed by atoms with Gasteiger partial charge in [-0.15, -0.1) is 0 Å². The molecule has 2 saturated carbocycles. The highest BCUT2D eigenvalue weighted by atomic mass is 16.1. The third-order valence-corrected chi connectivity index (χ3v) is 12.1. The maximum atomic E-state index is 13.3. The van der Waals surface area contributed by atoms with Crippen LogP contribution >= 0.6 is 0 Å². The molecule has 2 nitrogen and oxygen atoms in total. The lowest BCUT2D eigenvalue weighted by atomic mass is 9.35. The van der Waals surface area contributed by atoms with Gasteiger partial charge in [0.2, 0.25) is 5.70 Å². The van der Waals surface area contributed by atoms with Gasteiger partial charge in [-0.05, 0) is 109 Å². The Morgan fingerprint density at radius 3 is 2.24 bits per heavy atom. The molecule has 2 fully saturated rings. The highest BCUT2D eigenvalue weighted by Crippen LogP contribution is 2.74. The first-order valence-corrected chi connectivity index (χ1v) is 13.7. The van der Waals surface area contributed by atoms with E-state index in [-0.39, 0.29) is 27.9 Å². The average Bonchev–Trinajstić information content (AvgIpc) is 2.74. The number of hydrogen-bond acceptors (Lipinski definition) is 1. The molecule has 0 N–H and O–H groups in total. The van der Waals surface area contributed by atoms with E-state index in [2.05, 4.69) is 73.2 Å². The SMILES string of the molecule is [C-]#[N+]C1=C[C@]2(C)C3C(C)=C(C)C4=C5CC(C)(C)CCC5CC[C@@]4(C)[C@]3(C)CC[C@H]2C(C)(C)C1=O. The molecule has 5 aliphatic rings. The third kappa shape index (κ3) is 2.77. The van der Waals surface area contributed by atoms with E-state index in [1.54, 1.807) is 11.1 Å². The summed E-state index contributed by atoms with van der Waals surface area (Å²) in [6.07, 6.45) is 10.9. The van der Waals surface area contributed by atoms with Crippen LogP contribution < -0.4 is 0 Å². The minimum atomic E-state index is -0.483. The molecule has 34 heavy (non-hydrogen) atoms. The van der Waals surface area contributed by atoms with Crippen LogP contribution in [0.15, 0.2) is 34.1 Å². The molecular formula is C32H45NO. The first-order valence-electron chi connectivity index (χ1n) is 13.7. The Labute approximate surface area is 208 Å². The van der Waals surface area contributed by atoms with Gasteiger partial charge in [0.05, 0.1) is 6.57 Å². The number of carbonyl (C=O) groups is 1. The zero-order valence-electron chi connectivity index (χ0n) is 23.1. The second-order valence-electron chi connectivity index (χ2n) is 14.7. The van der Waals surface area contributed by atoms with Crippen LogP contribution in [0.4, 0.5) is 0 Å². The molecule has 0 aromatic carbocycles. The molecule has 0 heterocycles. The Morgan fingerprint density at radius 2 is 1.59 bits per heavy atom. The number of Topliss-reactive ketones (excluding diaryl/α,β-unsaturated/α-hetero) is 1. The zero-order valence-corrected chi connectivity index (χ0v) is 23.1. The van der Waals surface area contributed by atoms with Crippen molar-refractivity contribution in [3.8, 4) is 0 Å². The Bertz CT molecular complexity index is 1110. The van der Waals surface area contributed by atoms with E-state index in [0.717, 1.165) is 12.3 Å². The van der Waals surface area contributed by atoms with Crippen LogP contribution in [0, 0.1) is 51.4 Å². The van der Waals surface area contributed by atoms with Crippen molar-refractivity contribution in [1.82, 2.24) is 0 Å². The minimum Gasteiger partial charge on any atom is -0.307 e. The van der Waals surface area contributed by atoms with E-state index in [0.29, 0.717) is 17.0 Å². The summed E-state index contributed by atoms with van der Waals surface area (Å²) in [6.45, 7) is 29.3. The first kappa shape index (κ1) is 24.1. The second kappa shape index (κ2) is 6.99. The molecule has 2 heteroatoms. The lowest BCUT2D eigenvalue weighted by molar-refractivity contribution is -0.146. The van der Waals surface area contributed by atoms with Crippen molar-refractivity contribution in [2.45, 2.75) is 107 Å². The van der Waals surface area contributed by atoms with Crippen molar-refractivity contribution >= 4 is 5.78 Å². The van der Waals surface area contributed by atoms with Crippen LogP contribution in [-0.4, -0.2) is 5.78 Å². The van der Waals surface area contributed by atoms with Crippen LogP contribution in [0.25, 0.3) is 4.85 Å². The van der Waals surface area contributed by atoms with E-state index in [9.17, 15) is 4.79 Å². The first-order chi connectivity index (χ1) is 15.6. The van der Waals surface area contributed by atoms with Gasteiger partial charge in [0, 0.05) is 5.41 Å². The fourth-order valence-corrected chi connectivity index (χ4v) is 10.3. The summed E-state index contributed by atoms with van der Waals surface area (Å²) in [4.78, 5) is 17.0. The normalized spacial score (nSPS) is 44.9. The molecular weight excluding hydrogens is 414 g/mol. The molecule has 0 spiro atoms. The van der Waals surface area contributed by atoms with Gasteiger partial charge in [0.1, 0.15) is 0 Å². The predicted octanol–water partition coefficient (Wildman–Crippen LogP) is 8.71. The largest absolute Gasteiger partial charge is 0.307 e. The van der Waals surface area contributed by atoms with Gasteiger partial charge in [0.25, 0.3) is 0 Å². The van der Waals surface area contributed by atoms with E-state index < -0.39 is 5.41 Å². The van der Waals surface area contributed by atoms with Crippen LogP contribution in [0.5, 0.6) is 0 Å². The maximum Gasteiger partial charge on any atom is 0.226 e. The molecule has 0 aromatic heterocycles. The number of rotatable bonds is 0. The van der Waals surface area contributed by atoms with Crippen LogP contribution in [0.1, 0.15) is 107 Å². The molecule has 2 unspecified atom stereocenters. The van der Waals surface area contributed by atoms with Gasteiger partial charge in [-0.1, -0.05) is 65.7 Å². The maximum absolute atomic E-state index is 13.3. The average molecular weight is 460 g/mol. The molecule has 0 radical (unpaired) electrons. The van der Waals surface area contributed by atoms with E-state index >= 15 is 0 Å². The van der Waals surface area contributed by atoms with Crippen molar-refractivity contribution in [3.63, 3.8) is 0 Å². The Kier molecular flexibility index (Phi) is 4.95. The van der Waals surface area contributed by atoms with Gasteiger partial charge < -0.3 is 4.79 Å². The monoisotopic (exact) mass is 459 g/mol. The summed E-state index contributed by atoms with van der Waals surface area (Å²) < 4.78 is 0. The fraction of sp³-hybridized carbons (Fsp3) is 0.750. The van der Waals surface area contributed by atoms with Gasteiger partial charge in [0.15, 0.2) is 5.78 Å². The van der Waals surface area contributed by atoms with Gasteiger partial charge in [-0.3, -0.25) is 0 Å². The Hall–Kier alpha value is -1.62. The molecule has 5 aliphatic carbocycles. The highest BCUT2D eigenvalue weighted by molar-refractivity contribution is 6.02. The highest BCUT2D eigenvalue weighted by Gasteiger charge is 2.67. The summed E-state index contributed by atoms with van der Waals surface area (Å²) in [6, 6.07) is 0. The lowest BCUT2D eigenvalue weighted by Gasteiger charge is -2.69. The van der Waals surface area contributed by atoms with Gasteiger partial charge in [-0.25, -0.2) is 4.85 Å². The molecule has 0 aromatic rings. The molecule has 0 amide bonds. The Morgan fingerprint density at radius 1 is 0.941 bits per heavy atom.